The lowest BCUT2D eigenvalue weighted by molar-refractivity contribution is 0.0184. The molecule has 1 fully saturated rings. The number of rotatable bonds is 1. The molecule has 1 heterocycles. The molecule has 0 saturated carbocycles. The van der Waals surface area contributed by atoms with E-state index in [1.807, 2.05) is 0 Å². The van der Waals surface area contributed by atoms with Gasteiger partial charge in [-0.2, -0.15) is 5.26 Å². The number of carbonyl (C=O) groups is 1. The summed E-state index contributed by atoms with van der Waals surface area (Å²) < 4.78 is 18.9. The van der Waals surface area contributed by atoms with E-state index in [1.54, 1.807) is 26.8 Å². The highest BCUT2D eigenvalue weighted by Crippen LogP contribution is 2.40. The number of likely N-dealkylation sites (tertiary alicyclic amines) is 1. The molecule has 1 aliphatic heterocycles. The second-order valence-corrected chi connectivity index (χ2v) is 6.80. The van der Waals surface area contributed by atoms with Gasteiger partial charge in [0.05, 0.1) is 11.5 Å². The summed E-state index contributed by atoms with van der Waals surface area (Å²) in [5.41, 5.74) is -1.30. The fourth-order valence-electron chi connectivity index (χ4n) is 2.74. The average molecular weight is 320 g/mol. The molecule has 1 aromatic carbocycles. The number of amides is 1. The van der Waals surface area contributed by atoms with Crippen molar-refractivity contribution in [1.29, 1.82) is 5.26 Å². The molecule has 0 unspecified atom stereocenters. The van der Waals surface area contributed by atoms with Crippen LogP contribution in [-0.2, 0) is 10.2 Å². The van der Waals surface area contributed by atoms with Crippen molar-refractivity contribution < 1.29 is 19.0 Å². The number of benzene rings is 1. The Morgan fingerprint density at radius 2 is 2.00 bits per heavy atom. The zero-order chi connectivity index (χ0) is 17.3. The smallest absolute Gasteiger partial charge is 0.410 e. The topological polar surface area (TPSA) is 73.6 Å². The van der Waals surface area contributed by atoms with Gasteiger partial charge < -0.3 is 14.7 Å². The first-order valence-electron chi connectivity index (χ1n) is 7.56. The molecule has 124 valence electrons. The van der Waals surface area contributed by atoms with Gasteiger partial charge in [0.25, 0.3) is 0 Å². The lowest BCUT2D eigenvalue weighted by atomic mass is 9.73. The van der Waals surface area contributed by atoms with Gasteiger partial charge in [-0.25, -0.2) is 9.18 Å². The molecule has 0 spiro atoms. The van der Waals surface area contributed by atoms with Gasteiger partial charge in [-0.3, -0.25) is 0 Å². The van der Waals surface area contributed by atoms with Crippen LogP contribution in [0, 0.1) is 17.1 Å². The molecule has 0 atom stereocenters. The number of para-hydroxylation sites is 1. The van der Waals surface area contributed by atoms with Crippen LogP contribution in [0.15, 0.2) is 18.2 Å². The van der Waals surface area contributed by atoms with E-state index >= 15 is 0 Å². The lowest BCUT2D eigenvalue weighted by Gasteiger charge is -2.38. The largest absolute Gasteiger partial charge is 0.505 e. The van der Waals surface area contributed by atoms with Gasteiger partial charge in [-0.05, 0) is 39.7 Å². The molecule has 2 rings (SSSR count). The number of phenolic OH excluding ortho intramolecular Hbond substituents is 1. The van der Waals surface area contributed by atoms with E-state index in [-0.39, 0.29) is 5.56 Å². The zero-order valence-corrected chi connectivity index (χ0v) is 13.6. The monoisotopic (exact) mass is 320 g/mol. The quantitative estimate of drug-likeness (QED) is 0.861. The normalized spacial score (nSPS) is 17.4. The number of piperidine rings is 1. The summed E-state index contributed by atoms with van der Waals surface area (Å²) in [6, 6.07) is 6.39. The number of hydrogen-bond donors (Lipinski definition) is 1. The van der Waals surface area contributed by atoms with Gasteiger partial charge in [0.15, 0.2) is 11.6 Å². The van der Waals surface area contributed by atoms with Crippen LogP contribution in [0.25, 0.3) is 0 Å². The number of halogens is 1. The van der Waals surface area contributed by atoms with E-state index in [4.69, 9.17) is 4.74 Å². The summed E-state index contributed by atoms with van der Waals surface area (Å²) in [5, 5.41) is 19.5. The maximum Gasteiger partial charge on any atom is 0.410 e. The molecule has 0 radical (unpaired) electrons. The average Bonchev–Trinajstić information content (AvgIpc) is 2.48. The van der Waals surface area contributed by atoms with Crippen LogP contribution in [0.2, 0.25) is 0 Å². The van der Waals surface area contributed by atoms with Gasteiger partial charge in [0.2, 0.25) is 0 Å². The molecule has 1 aliphatic rings. The number of hydrogen-bond acceptors (Lipinski definition) is 4. The summed E-state index contributed by atoms with van der Waals surface area (Å²) in [5.74, 6) is -1.23. The summed E-state index contributed by atoms with van der Waals surface area (Å²) in [6.07, 6.45) is 0.215. The molecule has 6 heteroatoms. The number of aromatic hydroxyl groups is 1. The second-order valence-electron chi connectivity index (χ2n) is 6.80. The van der Waals surface area contributed by atoms with Crippen molar-refractivity contribution in [2.24, 2.45) is 0 Å². The minimum absolute atomic E-state index is 0.281. The predicted octanol–water partition coefficient (Wildman–Crippen LogP) is 3.32. The number of nitriles is 1. The molecule has 0 bridgehead atoms. The van der Waals surface area contributed by atoms with Crippen LogP contribution in [0.4, 0.5) is 9.18 Å². The highest BCUT2D eigenvalue weighted by Gasteiger charge is 2.40. The minimum atomic E-state index is -0.995. The number of carbonyl (C=O) groups excluding carboxylic acids is 1. The van der Waals surface area contributed by atoms with E-state index in [2.05, 4.69) is 6.07 Å². The SMILES string of the molecule is CC(C)(C)OC(=O)N1CCC(C#N)(c2cccc(F)c2O)CC1. The van der Waals surface area contributed by atoms with Crippen molar-refractivity contribution in [1.82, 2.24) is 4.90 Å². The van der Waals surface area contributed by atoms with Crippen LogP contribution in [-0.4, -0.2) is 34.8 Å². The van der Waals surface area contributed by atoms with Crippen molar-refractivity contribution in [3.63, 3.8) is 0 Å². The van der Waals surface area contributed by atoms with Crippen molar-refractivity contribution in [3.8, 4) is 11.8 Å². The van der Waals surface area contributed by atoms with Gasteiger partial charge in [0.1, 0.15) is 5.60 Å². The Hall–Kier alpha value is -2.29. The van der Waals surface area contributed by atoms with Gasteiger partial charge in [-0.15, -0.1) is 0 Å². The third-order valence-corrected chi connectivity index (χ3v) is 3.99. The number of ether oxygens (including phenoxy) is 1. The van der Waals surface area contributed by atoms with Crippen LogP contribution in [0.5, 0.6) is 5.75 Å². The number of nitrogens with zero attached hydrogens (tertiary/aromatic N) is 2. The zero-order valence-electron chi connectivity index (χ0n) is 13.6. The second kappa shape index (κ2) is 6.07. The molecular weight excluding hydrogens is 299 g/mol. The Morgan fingerprint density at radius 3 is 2.52 bits per heavy atom. The molecule has 1 amide bonds. The van der Waals surface area contributed by atoms with Gasteiger partial charge in [-0.1, -0.05) is 12.1 Å². The summed E-state index contributed by atoms with van der Waals surface area (Å²) in [4.78, 5) is 13.6. The molecule has 1 aromatic rings. The van der Waals surface area contributed by atoms with Crippen molar-refractivity contribution >= 4 is 6.09 Å². The fourth-order valence-corrected chi connectivity index (χ4v) is 2.74. The fraction of sp³-hybridized carbons (Fsp3) is 0.529. The van der Waals surface area contributed by atoms with Gasteiger partial charge in [0, 0.05) is 18.7 Å². The maximum absolute atomic E-state index is 13.6. The first kappa shape index (κ1) is 17.1. The van der Waals surface area contributed by atoms with Crippen LogP contribution >= 0.6 is 0 Å². The Morgan fingerprint density at radius 1 is 1.39 bits per heavy atom. The van der Waals surface area contributed by atoms with Crippen LogP contribution in [0.1, 0.15) is 39.2 Å². The van der Waals surface area contributed by atoms with E-state index < -0.39 is 28.7 Å². The lowest BCUT2D eigenvalue weighted by Crippen LogP contribution is -2.46. The molecule has 1 saturated heterocycles. The molecule has 5 nitrogen and oxygen atoms in total. The highest BCUT2D eigenvalue weighted by atomic mass is 19.1. The molecular formula is C17H21FN2O3. The summed E-state index contributed by atoms with van der Waals surface area (Å²) >= 11 is 0. The third kappa shape index (κ3) is 3.55. The number of phenols is 1. The summed E-state index contributed by atoms with van der Waals surface area (Å²) in [6.45, 7) is 6.01. The maximum atomic E-state index is 13.6. The van der Waals surface area contributed by atoms with E-state index in [0.717, 1.165) is 6.07 Å². The molecule has 1 N–H and O–H groups in total. The highest BCUT2D eigenvalue weighted by molar-refractivity contribution is 5.68. The minimum Gasteiger partial charge on any atom is -0.505 e. The van der Waals surface area contributed by atoms with Gasteiger partial charge >= 0.3 is 6.09 Å². The molecule has 0 aliphatic carbocycles. The van der Waals surface area contributed by atoms with Crippen molar-refractivity contribution in [3.05, 3.63) is 29.6 Å². The van der Waals surface area contributed by atoms with Crippen LogP contribution in [0.3, 0.4) is 0 Å². The molecule has 0 aromatic heterocycles. The Balaban J connectivity index is 2.16. The van der Waals surface area contributed by atoms with Crippen molar-refractivity contribution in [2.75, 3.05) is 13.1 Å². The Kier molecular flexibility index (Phi) is 4.51. The standard InChI is InChI=1S/C17H21FN2O3/c1-16(2,3)23-15(22)20-9-7-17(11-19,8-10-20)12-5-4-6-13(18)14(12)21/h4-6,21H,7-10H2,1-3H3. The predicted molar refractivity (Wildman–Crippen MR) is 82.4 cm³/mol. The van der Waals surface area contributed by atoms with E-state index in [1.165, 1.54) is 11.0 Å². The van der Waals surface area contributed by atoms with Crippen LogP contribution < -0.4 is 0 Å². The first-order valence-corrected chi connectivity index (χ1v) is 7.56. The van der Waals surface area contributed by atoms with Crippen molar-refractivity contribution in [2.45, 2.75) is 44.6 Å². The third-order valence-electron chi connectivity index (χ3n) is 3.99. The van der Waals surface area contributed by atoms with E-state index in [9.17, 15) is 19.6 Å². The summed E-state index contributed by atoms with van der Waals surface area (Å²) in [7, 11) is 0. The van der Waals surface area contributed by atoms with E-state index in [0.29, 0.717) is 25.9 Å². The Bertz CT molecular complexity index is 638. The molecule has 23 heavy (non-hydrogen) atoms. The first-order chi connectivity index (χ1) is 10.7. The Labute approximate surface area is 135 Å².